The van der Waals surface area contributed by atoms with E-state index in [4.69, 9.17) is 0 Å². The average molecular weight is 240 g/mol. The summed E-state index contributed by atoms with van der Waals surface area (Å²) in [6, 6.07) is 0. The maximum atomic E-state index is 2.45. The van der Waals surface area contributed by atoms with Gasteiger partial charge in [-0.15, -0.1) is 0 Å². The van der Waals surface area contributed by atoms with Gasteiger partial charge >= 0.3 is 0 Å². The van der Waals surface area contributed by atoms with Crippen molar-refractivity contribution >= 4 is 0 Å². The first kappa shape index (κ1) is 17.0. The van der Waals surface area contributed by atoms with E-state index in [1.165, 1.54) is 57.8 Å². The molecule has 0 rings (SSSR count). The second-order valence-electron chi connectivity index (χ2n) is 6.37. The Labute approximate surface area is 111 Å². The van der Waals surface area contributed by atoms with Crippen LogP contribution in [-0.4, -0.2) is 0 Å². The van der Waals surface area contributed by atoms with Crippen LogP contribution < -0.4 is 0 Å². The predicted octanol–water partition coefficient (Wildman–Crippen LogP) is 6.45. The lowest BCUT2D eigenvalue weighted by Crippen LogP contribution is -2.00. The average Bonchev–Trinajstić information content (AvgIpc) is 2.29. The fourth-order valence-electron chi connectivity index (χ4n) is 2.62. The monoisotopic (exact) mass is 240 g/mol. The van der Waals surface area contributed by atoms with E-state index >= 15 is 0 Å². The quantitative estimate of drug-likeness (QED) is 0.389. The standard InChI is InChI=1S/C17H36/c1-6-10-16(4)12-9-14-17(5)13-8-11-15(3)7-2/h15-17H,6-14H2,1-5H3/t15-,16+,17+/m0/s1. The number of hydrogen-bond donors (Lipinski definition) is 0. The summed E-state index contributed by atoms with van der Waals surface area (Å²) in [5.41, 5.74) is 0. The van der Waals surface area contributed by atoms with Crippen molar-refractivity contribution in [3.05, 3.63) is 0 Å². The summed E-state index contributed by atoms with van der Waals surface area (Å²) in [5, 5.41) is 0. The Bertz CT molecular complexity index is 150. The van der Waals surface area contributed by atoms with E-state index in [0.29, 0.717) is 0 Å². The normalized spacial score (nSPS) is 16.8. The fraction of sp³-hybridized carbons (Fsp3) is 1.00. The van der Waals surface area contributed by atoms with Crippen molar-refractivity contribution in [1.82, 2.24) is 0 Å². The zero-order chi connectivity index (χ0) is 13.1. The van der Waals surface area contributed by atoms with Crippen molar-refractivity contribution in [2.75, 3.05) is 0 Å². The lowest BCUT2D eigenvalue weighted by atomic mass is 9.92. The van der Waals surface area contributed by atoms with Crippen molar-refractivity contribution in [1.29, 1.82) is 0 Å². The van der Waals surface area contributed by atoms with Gasteiger partial charge in [-0.3, -0.25) is 0 Å². The van der Waals surface area contributed by atoms with Gasteiger partial charge in [-0.2, -0.15) is 0 Å². The molecule has 17 heavy (non-hydrogen) atoms. The zero-order valence-electron chi connectivity index (χ0n) is 13.1. The molecule has 0 aliphatic heterocycles. The van der Waals surface area contributed by atoms with E-state index in [9.17, 15) is 0 Å². The van der Waals surface area contributed by atoms with Crippen molar-refractivity contribution in [3.63, 3.8) is 0 Å². The summed E-state index contributed by atoms with van der Waals surface area (Å²) in [5.74, 6) is 2.84. The molecule has 0 aromatic rings. The van der Waals surface area contributed by atoms with Crippen LogP contribution in [0, 0.1) is 17.8 Å². The second kappa shape index (κ2) is 11.1. The van der Waals surface area contributed by atoms with Crippen molar-refractivity contribution in [2.24, 2.45) is 17.8 Å². The van der Waals surface area contributed by atoms with Crippen LogP contribution >= 0.6 is 0 Å². The van der Waals surface area contributed by atoms with Gasteiger partial charge in [0.1, 0.15) is 0 Å². The van der Waals surface area contributed by atoms with E-state index in [0.717, 1.165) is 17.8 Å². The SMILES string of the molecule is CCC[C@@H](C)CCC[C@H](C)CCC[C@@H](C)CC. The van der Waals surface area contributed by atoms with Crippen molar-refractivity contribution in [2.45, 2.75) is 92.4 Å². The Hall–Kier alpha value is 0. The van der Waals surface area contributed by atoms with Crippen LogP contribution in [-0.2, 0) is 0 Å². The molecule has 0 amide bonds. The smallest absolute Gasteiger partial charge is 0.0443 e. The molecular weight excluding hydrogens is 204 g/mol. The Balaban J connectivity index is 3.37. The van der Waals surface area contributed by atoms with Gasteiger partial charge in [-0.05, 0) is 17.8 Å². The first-order valence-corrected chi connectivity index (χ1v) is 8.10. The van der Waals surface area contributed by atoms with E-state index < -0.39 is 0 Å². The van der Waals surface area contributed by atoms with Gasteiger partial charge in [0.2, 0.25) is 0 Å². The van der Waals surface area contributed by atoms with E-state index in [1.807, 2.05) is 0 Å². The summed E-state index contributed by atoms with van der Waals surface area (Å²) in [7, 11) is 0. The lowest BCUT2D eigenvalue weighted by molar-refractivity contribution is 0.385. The highest BCUT2D eigenvalue weighted by Gasteiger charge is 2.06. The molecule has 0 heteroatoms. The third-order valence-corrected chi connectivity index (χ3v) is 4.27. The van der Waals surface area contributed by atoms with Gasteiger partial charge in [0.15, 0.2) is 0 Å². The van der Waals surface area contributed by atoms with Gasteiger partial charge in [0.05, 0.1) is 0 Å². The van der Waals surface area contributed by atoms with Crippen LogP contribution in [0.25, 0.3) is 0 Å². The van der Waals surface area contributed by atoms with Gasteiger partial charge in [-0.1, -0.05) is 92.4 Å². The molecule has 0 N–H and O–H groups in total. The molecule has 0 saturated carbocycles. The maximum absolute atomic E-state index is 2.45. The van der Waals surface area contributed by atoms with Crippen LogP contribution in [0.3, 0.4) is 0 Å². The highest BCUT2D eigenvalue weighted by molar-refractivity contribution is 4.59. The van der Waals surface area contributed by atoms with Crippen molar-refractivity contribution in [3.8, 4) is 0 Å². The van der Waals surface area contributed by atoms with Crippen LogP contribution in [0.15, 0.2) is 0 Å². The molecule has 0 spiro atoms. The molecular formula is C17H36. The van der Waals surface area contributed by atoms with Gasteiger partial charge in [0.25, 0.3) is 0 Å². The molecule has 3 atom stereocenters. The Morgan fingerprint density at radius 2 is 1.00 bits per heavy atom. The number of rotatable bonds is 11. The van der Waals surface area contributed by atoms with Crippen LogP contribution in [0.2, 0.25) is 0 Å². The van der Waals surface area contributed by atoms with E-state index in [1.54, 1.807) is 0 Å². The third kappa shape index (κ3) is 10.9. The van der Waals surface area contributed by atoms with Crippen LogP contribution in [0.4, 0.5) is 0 Å². The highest BCUT2D eigenvalue weighted by atomic mass is 14.1. The molecule has 0 aliphatic carbocycles. The third-order valence-electron chi connectivity index (χ3n) is 4.27. The predicted molar refractivity (Wildman–Crippen MR) is 80.4 cm³/mol. The van der Waals surface area contributed by atoms with E-state index in [2.05, 4.69) is 34.6 Å². The summed E-state index contributed by atoms with van der Waals surface area (Å²) in [6.45, 7) is 11.9. The molecule has 0 bridgehead atoms. The molecule has 0 radical (unpaired) electrons. The Morgan fingerprint density at radius 3 is 1.41 bits per heavy atom. The molecule has 0 heterocycles. The fourth-order valence-corrected chi connectivity index (χ4v) is 2.62. The lowest BCUT2D eigenvalue weighted by Gasteiger charge is -2.15. The molecule has 0 fully saturated rings. The minimum atomic E-state index is 0.937. The highest BCUT2D eigenvalue weighted by Crippen LogP contribution is 2.21. The van der Waals surface area contributed by atoms with Gasteiger partial charge in [-0.25, -0.2) is 0 Å². The summed E-state index contributed by atoms with van der Waals surface area (Å²) >= 11 is 0. The molecule has 0 nitrogen and oxygen atoms in total. The molecule has 0 saturated heterocycles. The molecule has 0 aromatic carbocycles. The van der Waals surface area contributed by atoms with Crippen molar-refractivity contribution < 1.29 is 0 Å². The summed E-state index contributed by atoms with van der Waals surface area (Å²) < 4.78 is 0. The number of hydrogen-bond acceptors (Lipinski definition) is 0. The van der Waals surface area contributed by atoms with Gasteiger partial charge in [0, 0.05) is 0 Å². The summed E-state index contributed by atoms with van der Waals surface area (Å²) in [4.78, 5) is 0. The molecule has 0 aliphatic rings. The topological polar surface area (TPSA) is 0 Å². The van der Waals surface area contributed by atoms with E-state index in [-0.39, 0.29) is 0 Å². The largest absolute Gasteiger partial charge is 0.0654 e. The van der Waals surface area contributed by atoms with Crippen LogP contribution in [0.1, 0.15) is 92.4 Å². The summed E-state index contributed by atoms with van der Waals surface area (Å²) in [6.07, 6.45) is 12.8. The zero-order valence-corrected chi connectivity index (χ0v) is 13.1. The maximum Gasteiger partial charge on any atom is -0.0443 e. The first-order valence-electron chi connectivity index (χ1n) is 8.10. The first-order chi connectivity index (χ1) is 8.10. The van der Waals surface area contributed by atoms with Gasteiger partial charge < -0.3 is 0 Å². The minimum absolute atomic E-state index is 0.937. The van der Waals surface area contributed by atoms with Crippen LogP contribution in [0.5, 0.6) is 0 Å². The molecule has 0 aromatic heterocycles. The molecule has 104 valence electrons. The Kier molecular flexibility index (Phi) is 11.1. The second-order valence-corrected chi connectivity index (χ2v) is 6.37. The minimum Gasteiger partial charge on any atom is -0.0654 e. The Morgan fingerprint density at radius 1 is 0.588 bits per heavy atom. The molecule has 0 unspecified atom stereocenters.